The van der Waals surface area contributed by atoms with E-state index in [1.54, 1.807) is 6.92 Å². The van der Waals surface area contributed by atoms with Gasteiger partial charge in [-0.1, -0.05) is 56.5 Å². The summed E-state index contributed by atoms with van der Waals surface area (Å²) in [6, 6.07) is 7.06. The molecule has 0 aromatic heterocycles. The Bertz CT molecular complexity index is 746. The molecular weight excluding hydrogens is 342 g/mol. The van der Waals surface area contributed by atoms with Crippen LogP contribution in [0.3, 0.4) is 0 Å². The summed E-state index contributed by atoms with van der Waals surface area (Å²) in [5, 5.41) is 5.78. The Labute approximate surface area is 160 Å². The summed E-state index contributed by atoms with van der Waals surface area (Å²) in [5.74, 6) is 0.281. The first kappa shape index (κ1) is 19.4. The first-order chi connectivity index (χ1) is 12.7. The summed E-state index contributed by atoms with van der Waals surface area (Å²) < 4.78 is 0. The molecule has 1 heterocycles. The van der Waals surface area contributed by atoms with Crippen LogP contribution in [0.4, 0.5) is 4.79 Å². The van der Waals surface area contributed by atoms with E-state index in [4.69, 9.17) is 0 Å². The molecule has 0 spiro atoms. The largest absolute Gasteiger partial charge is 0.352 e. The van der Waals surface area contributed by atoms with E-state index in [1.807, 2.05) is 31.2 Å². The van der Waals surface area contributed by atoms with Crippen LogP contribution in [0, 0.1) is 18.8 Å². The maximum atomic E-state index is 12.9. The predicted octanol–water partition coefficient (Wildman–Crippen LogP) is 2.70. The van der Waals surface area contributed by atoms with Crippen LogP contribution < -0.4 is 10.6 Å². The van der Waals surface area contributed by atoms with Gasteiger partial charge in [0, 0.05) is 6.04 Å². The second-order valence-corrected chi connectivity index (χ2v) is 8.25. The van der Waals surface area contributed by atoms with Crippen LogP contribution in [0.1, 0.15) is 51.2 Å². The molecule has 0 radical (unpaired) electrons. The Hall–Kier alpha value is -2.37. The lowest BCUT2D eigenvalue weighted by atomic mass is 9.78. The third-order valence-corrected chi connectivity index (χ3v) is 6.26. The number of hydrogen-bond donors (Lipinski definition) is 2. The predicted molar refractivity (Wildman–Crippen MR) is 103 cm³/mol. The van der Waals surface area contributed by atoms with Gasteiger partial charge in [-0.2, -0.15) is 0 Å². The van der Waals surface area contributed by atoms with E-state index < -0.39 is 17.5 Å². The van der Waals surface area contributed by atoms with Crippen molar-refractivity contribution in [3.05, 3.63) is 35.4 Å². The molecule has 2 fully saturated rings. The van der Waals surface area contributed by atoms with Gasteiger partial charge in [0.25, 0.3) is 5.91 Å². The molecule has 1 aliphatic carbocycles. The van der Waals surface area contributed by atoms with Gasteiger partial charge in [0.2, 0.25) is 5.91 Å². The summed E-state index contributed by atoms with van der Waals surface area (Å²) in [5.41, 5.74) is 0.646. The lowest BCUT2D eigenvalue weighted by Crippen LogP contribution is -2.48. The summed E-state index contributed by atoms with van der Waals surface area (Å²) in [6.45, 7) is 7.75. The van der Waals surface area contributed by atoms with Crippen LogP contribution in [0.2, 0.25) is 0 Å². The lowest BCUT2D eigenvalue weighted by molar-refractivity contribution is -0.135. The molecule has 27 heavy (non-hydrogen) atoms. The maximum absolute atomic E-state index is 12.9. The van der Waals surface area contributed by atoms with Crippen LogP contribution in [0.5, 0.6) is 0 Å². The van der Waals surface area contributed by atoms with Crippen molar-refractivity contribution in [3.63, 3.8) is 0 Å². The van der Waals surface area contributed by atoms with Gasteiger partial charge in [-0.25, -0.2) is 4.79 Å². The Kier molecular flexibility index (Phi) is 5.27. The number of hydrogen-bond acceptors (Lipinski definition) is 3. The van der Waals surface area contributed by atoms with E-state index >= 15 is 0 Å². The Balaban J connectivity index is 1.68. The van der Waals surface area contributed by atoms with Gasteiger partial charge in [-0.3, -0.25) is 14.5 Å². The quantitative estimate of drug-likeness (QED) is 0.799. The Morgan fingerprint density at radius 3 is 2.56 bits per heavy atom. The van der Waals surface area contributed by atoms with Crippen molar-refractivity contribution in [3.8, 4) is 0 Å². The molecular formula is C21H29N3O3. The van der Waals surface area contributed by atoms with Crippen molar-refractivity contribution in [1.82, 2.24) is 15.5 Å². The first-order valence-corrected chi connectivity index (χ1v) is 9.73. The fraction of sp³-hybridized carbons (Fsp3) is 0.571. The summed E-state index contributed by atoms with van der Waals surface area (Å²) in [4.78, 5) is 38.9. The molecule has 6 heteroatoms. The van der Waals surface area contributed by atoms with Crippen LogP contribution in [0.15, 0.2) is 24.3 Å². The number of imide groups is 1. The number of benzene rings is 1. The van der Waals surface area contributed by atoms with E-state index in [-0.39, 0.29) is 18.5 Å². The summed E-state index contributed by atoms with van der Waals surface area (Å²) in [7, 11) is 0. The van der Waals surface area contributed by atoms with Gasteiger partial charge in [0.15, 0.2) is 0 Å². The minimum Gasteiger partial charge on any atom is -0.352 e. The molecule has 4 atom stereocenters. The number of carbonyl (C=O) groups excluding carboxylic acids is 3. The lowest BCUT2D eigenvalue weighted by Gasteiger charge is -2.34. The van der Waals surface area contributed by atoms with Gasteiger partial charge < -0.3 is 10.6 Å². The van der Waals surface area contributed by atoms with Crippen LogP contribution in [-0.4, -0.2) is 35.3 Å². The molecule has 0 unspecified atom stereocenters. The first-order valence-electron chi connectivity index (χ1n) is 9.73. The topological polar surface area (TPSA) is 78.5 Å². The van der Waals surface area contributed by atoms with Crippen molar-refractivity contribution in [2.45, 2.75) is 58.5 Å². The number of urea groups is 1. The SMILES string of the molecule is Cc1ccc([C@]2(C)NC(=O)N(CC(=O)N[C@@H]3CCC[C@@H](C)[C@@H]3C)C2=O)cc1. The zero-order valence-corrected chi connectivity index (χ0v) is 16.5. The number of aryl methyl sites for hydroxylation is 1. The van der Waals surface area contributed by atoms with Gasteiger partial charge in [-0.15, -0.1) is 0 Å². The maximum Gasteiger partial charge on any atom is 0.325 e. The van der Waals surface area contributed by atoms with E-state index in [9.17, 15) is 14.4 Å². The molecule has 1 saturated carbocycles. The standard InChI is InChI=1S/C21H29N3O3/c1-13-8-10-16(11-9-13)21(4)19(26)24(20(27)23-21)12-18(25)22-17-7-5-6-14(2)15(17)3/h8-11,14-15,17H,5-7,12H2,1-4H3,(H,22,25)(H,23,27)/t14-,15+,17-,21+/m1/s1. The minimum atomic E-state index is -1.14. The molecule has 3 rings (SSSR count). The minimum absolute atomic E-state index is 0.102. The highest BCUT2D eigenvalue weighted by molar-refractivity contribution is 6.09. The third kappa shape index (κ3) is 3.70. The van der Waals surface area contributed by atoms with Crippen molar-refractivity contribution in [2.24, 2.45) is 11.8 Å². The fourth-order valence-electron chi connectivity index (χ4n) is 4.10. The second-order valence-electron chi connectivity index (χ2n) is 8.25. The average molecular weight is 371 g/mol. The molecule has 6 nitrogen and oxygen atoms in total. The number of nitrogens with one attached hydrogen (secondary N) is 2. The van der Waals surface area contributed by atoms with Crippen LogP contribution >= 0.6 is 0 Å². The summed E-state index contributed by atoms with van der Waals surface area (Å²) in [6.07, 6.45) is 3.21. The molecule has 1 saturated heterocycles. The molecule has 1 aromatic rings. The molecule has 0 bridgehead atoms. The van der Waals surface area contributed by atoms with Gasteiger partial charge in [0.05, 0.1) is 0 Å². The molecule has 2 aliphatic rings. The van der Waals surface area contributed by atoms with Crippen molar-refractivity contribution < 1.29 is 14.4 Å². The monoisotopic (exact) mass is 371 g/mol. The molecule has 146 valence electrons. The third-order valence-electron chi connectivity index (χ3n) is 6.26. The number of carbonyl (C=O) groups is 3. The fourth-order valence-corrected chi connectivity index (χ4v) is 4.10. The van der Waals surface area contributed by atoms with Crippen LogP contribution in [-0.2, 0) is 15.1 Å². The van der Waals surface area contributed by atoms with E-state index in [2.05, 4.69) is 24.5 Å². The molecule has 2 N–H and O–H groups in total. The Morgan fingerprint density at radius 1 is 1.22 bits per heavy atom. The highest BCUT2D eigenvalue weighted by Gasteiger charge is 2.49. The van der Waals surface area contributed by atoms with Crippen molar-refractivity contribution >= 4 is 17.8 Å². The van der Waals surface area contributed by atoms with Gasteiger partial charge in [-0.05, 0) is 37.7 Å². The zero-order valence-electron chi connectivity index (χ0n) is 16.5. The number of nitrogens with zero attached hydrogens (tertiary/aromatic N) is 1. The normalized spacial score (nSPS) is 31.0. The molecule has 1 aromatic carbocycles. The highest BCUT2D eigenvalue weighted by atomic mass is 16.2. The summed E-state index contributed by atoms with van der Waals surface area (Å²) >= 11 is 0. The average Bonchev–Trinajstić information content (AvgIpc) is 2.83. The highest BCUT2D eigenvalue weighted by Crippen LogP contribution is 2.30. The van der Waals surface area contributed by atoms with Crippen molar-refractivity contribution in [2.75, 3.05) is 6.54 Å². The smallest absolute Gasteiger partial charge is 0.325 e. The van der Waals surface area contributed by atoms with Gasteiger partial charge >= 0.3 is 6.03 Å². The number of amides is 4. The zero-order chi connectivity index (χ0) is 19.8. The number of rotatable bonds is 4. The van der Waals surface area contributed by atoms with E-state index in [0.717, 1.165) is 23.3 Å². The van der Waals surface area contributed by atoms with Gasteiger partial charge in [0.1, 0.15) is 12.1 Å². The van der Waals surface area contributed by atoms with Crippen LogP contribution in [0.25, 0.3) is 0 Å². The molecule has 4 amide bonds. The van der Waals surface area contributed by atoms with E-state index in [1.165, 1.54) is 6.42 Å². The molecule has 1 aliphatic heterocycles. The second kappa shape index (κ2) is 7.33. The Morgan fingerprint density at radius 2 is 1.89 bits per heavy atom. The van der Waals surface area contributed by atoms with E-state index in [0.29, 0.717) is 17.4 Å². The van der Waals surface area contributed by atoms with Crippen molar-refractivity contribution in [1.29, 1.82) is 0 Å².